The van der Waals surface area contributed by atoms with Gasteiger partial charge in [0.05, 0.1) is 28.9 Å². The normalized spacial score (nSPS) is 11.1. The first-order valence-corrected chi connectivity index (χ1v) is 11.8. The van der Waals surface area contributed by atoms with Crippen molar-refractivity contribution in [2.24, 2.45) is 0 Å². The van der Waals surface area contributed by atoms with Crippen molar-refractivity contribution in [1.29, 1.82) is 0 Å². The lowest BCUT2D eigenvalue weighted by molar-refractivity contribution is 0.0983. The number of aryl methyl sites for hydroxylation is 1. The number of benzene rings is 4. The Bertz CT molecular complexity index is 1440. The van der Waals surface area contributed by atoms with Crippen LogP contribution in [0.2, 0.25) is 0 Å². The summed E-state index contributed by atoms with van der Waals surface area (Å²) in [5, 5.41) is 2.56. The molecule has 0 N–H and O–H groups in total. The number of carbonyl (C=O) groups excluding carboxylic acids is 1. The fourth-order valence-corrected chi connectivity index (χ4v) is 5.07. The van der Waals surface area contributed by atoms with E-state index in [1.54, 1.807) is 4.90 Å². The number of fused-ring (bicyclic) bond motifs is 2. The number of carbonyl (C=O) groups is 1. The average Bonchev–Trinajstić information content (AvgIpc) is 3.25. The molecule has 164 valence electrons. The maximum atomic E-state index is 14.2. The molecular formula is C28H24N2O2S. The van der Waals surface area contributed by atoms with Gasteiger partial charge in [0, 0.05) is 0 Å². The number of thiazole rings is 1. The minimum absolute atomic E-state index is 0.116. The highest BCUT2D eigenvalue weighted by Crippen LogP contribution is 2.35. The average molecular weight is 453 g/mol. The van der Waals surface area contributed by atoms with E-state index in [-0.39, 0.29) is 5.91 Å². The second-order valence-corrected chi connectivity index (χ2v) is 8.95. The summed E-state index contributed by atoms with van der Waals surface area (Å²) in [6.07, 6.45) is 0. The number of amides is 1. The van der Waals surface area contributed by atoms with Crippen LogP contribution >= 0.6 is 11.3 Å². The molecule has 1 amide bonds. The molecule has 0 spiro atoms. The van der Waals surface area contributed by atoms with E-state index >= 15 is 0 Å². The standard InChI is InChI=1S/C28H24N2O2S/c1-3-32-24-16-14-21-11-7-8-12-22(21)26(24)27(31)30(18-20-9-5-4-6-10-20)28-29-23-15-13-19(2)17-25(23)33-28/h4-17H,3,18H2,1-2H3. The minimum Gasteiger partial charge on any atom is -0.493 e. The van der Waals surface area contributed by atoms with Crippen LogP contribution in [-0.2, 0) is 6.54 Å². The fourth-order valence-electron chi connectivity index (χ4n) is 4.01. The van der Waals surface area contributed by atoms with Crippen molar-refractivity contribution in [3.05, 3.63) is 102 Å². The van der Waals surface area contributed by atoms with Gasteiger partial charge in [-0.2, -0.15) is 0 Å². The van der Waals surface area contributed by atoms with Gasteiger partial charge >= 0.3 is 0 Å². The zero-order valence-corrected chi connectivity index (χ0v) is 19.4. The first-order valence-electron chi connectivity index (χ1n) is 11.0. The Morgan fingerprint density at radius 1 is 0.970 bits per heavy atom. The Morgan fingerprint density at radius 2 is 1.76 bits per heavy atom. The molecule has 4 nitrogen and oxygen atoms in total. The third kappa shape index (κ3) is 4.20. The van der Waals surface area contributed by atoms with E-state index in [4.69, 9.17) is 9.72 Å². The lowest BCUT2D eigenvalue weighted by Gasteiger charge is -2.22. The van der Waals surface area contributed by atoms with E-state index in [2.05, 4.69) is 13.0 Å². The maximum absolute atomic E-state index is 14.2. The van der Waals surface area contributed by atoms with Gasteiger partial charge in [0.1, 0.15) is 5.75 Å². The van der Waals surface area contributed by atoms with Gasteiger partial charge in [0.2, 0.25) is 0 Å². The molecule has 0 aliphatic rings. The molecule has 0 saturated heterocycles. The van der Waals surface area contributed by atoms with E-state index < -0.39 is 0 Å². The lowest BCUT2D eigenvalue weighted by Crippen LogP contribution is -2.31. The second kappa shape index (κ2) is 9.04. The number of anilines is 1. The van der Waals surface area contributed by atoms with Crippen molar-refractivity contribution in [2.45, 2.75) is 20.4 Å². The smallest absolute Gasteiger partial charge is 0.264 e. The molecular weight excluding hydrogens is 428 g/mol. The molecule has 0 saturated carbocycles. The van der Waals surface area contributed by atoms with Gasteiger partial charge in [-0.05, 0) is 53.9 Å². The second-order valence-electron chi connectivity index (χ2n) is 7.94. The van der Waals surface area contributed by atoms with E-state index in [1.807, 2.05) is 85.8 Å². The van der Waals surface area contributed by atoms with Crippen molar-refractivity contribution < 1.29 is 9.53 Å². The predicted molar refractivity (Wildman–Crippen MR) is 136 cm³/mol. The van der Waals surface area contributed by atoms with Gasteiger partial charge in [-0.3, -0.25) is 9.69 Å². The third-order valence-electron chi connectivity index (χ3n) is 5.60. The zero-order valence-electron chi connectivity index (χ0n) is 18.6. The van der Waals surface area contributed by atoms with Crippen molar-refractivity contribution in [3.63, 3.8) is 0 Å². The van der Waals surface area contributed by atoms with Gasteiger partial charge in [-0.1, -0.05) is 78.1 Å². The molecule has 0 aliphatic heterocycles. The van der Waals surface area contributed by atoms with Crippen LogP contribution in [0, 0.1) is 6.92 Å². The summed E-state index contributed by atoms with van der Waals surface area (Å²) >= 11 is 1.54. The SMILES string of the molecule is CCOc1ccc2ccccc2c1C(=O)N(Cc1ccccc1)c1nc2ccc(C)cc2s1. The lowest BCUT2D eigenvalue weighted by atomic mass is 10.0. The Kier molecular flexibility index (Phi) is 5.80. The van der Waals surface area contributed by atoms with Crippen LogP contribution in [0.4, 0.5) is 5.13 Å². The van der Waals surface area contributed by atoms with Crippen LogP contribution in [0.25, 0.3) is 21.0 Å². The van der Waals surface area contributed by atoms with E-state index in [9.17, 15) is 4.79 Å². The Labute approximate surface area is 197 Å². The molecule has 1 heterocycles. The number of ether oxygens (including phenoxy) is 1. The first-order chi connectivity index (χ1) is 16.1. The van der Waals surface area contributed by atoms with Crippen molar-refractivity contribution >= 4 is 43.4 Å². The quantitative estimate of drug-likeness (QED) is 0.278. The summed E-state index contributed by atoms with van der Waals surface area (Å²) in [6.45, 7) is 4.90. The Hall–Kier alpha value is -3.70. The van der Waals surface area contributed by atoms with Crippen molar-refractivity contribution in [2.75, 3.05) is 11.5 Å². The van der Waals surface area contributed by atoms with E-state index in [1.165, 1.54) is 16.9 Å². The van der Waals surface area contributed by atoms with Crippen molar-refractivity contribution in [1.82, 2.24) is 4.98 Å². The molecule has 5 heteroatoms. The number of nitrogens with zero attached hydrogens (tertiary/aromatic N) is 2. The van der Waals surface area contributed by atoms with Gasteiger partial charge in [-0.15, -0.1) is 0 Å². The molecule has 0 fully saturated rings. The van der Waals surface area contributed by atoms with Gasteiger partial charge in [0.25, 0.3) is 5.91 Å². The summed E-state index contributed by atoms with van der Waals surface area (Å²) in [7, 11) is 0. The summed E-state index contributed by atoms with van der Waals surface area (Å²) in [4.78, 5) is 20.8. The summed E-state index contributed by atoms with van der Waals surface area (Å²) < 4.78 is 6.98. The molecule has 0 bridgehead atoms. The highest BCUT2D eigenvalue weighted by Gasteiger charge is 2.26. The summed E-state index contributed by atoms with van der Waals surface area (Å²) in [5.41, 5.74) is 3.68. The molecule has 5 aromatic rings. The van der Waals surface area contributed by atoms with Crippen LogP contribution in [0.3, 0.4) is 0 Å². The topological polar surface area (TPSA) is 42.4 Å². The summed E-state index contributed by atoms with van der Waals surface area (Å²) in [6, 6.07) is 28.0. The molecule has 0 atom stereocenters. The van der Waals surface area contributed by atoms with Gasteiger partial charge in [0.15, 0.2) is 5.13 Å². The van der Waals surface area contributed by atoms with Crippen LogP contribution in [0.15, 0.2) is 84.9 Å². The minimum atomic E-state index is -0.116. The molecule has 5 rings (SSSR count). The number of hydrogen-bond acceptors (Lipinski definition) is 4. The Morgan fingerprint density at radius 3 is 2.58 bits per heavy atom. The summed E-state index contributed by atoms with van der Waals surface area (Å²) in [5.74, 6) is 0.478. The van der Waals surface area contributed by atoms with Crippen LogP contribution < -0.4 is 9.64 Å². The number of hydrogen-bond donors (Lipinski definition) is 0. The fraction of sp³-hybridized carbons (Fsp3) is 0.143. The van der Waals surface area contributed by atoms with E-state index in [0.717, 1.165) is 26.6 Å². The number of rotatable bonds is 6. The highest BCUT2D eigenvalue weighted by atomic mass is 32.1. The Balaban J connectivity index is 1.68. The predicted octanol–water partition coefficient (Wildman–Crippen LogP) is 7.00. The molecule has 1 aromatic heterocycles. The van der Waals surface area contributed by atoms with Crippen LogP contribution in [0.5, 0.6) is 5.75 Å². The molecule has 4 aromatic carbocycles. The molecule has 0 aliphatic carbocycles. The third-order valence-corrected chi connectivity index (χ3v) is 6.64. The largest absolute Gasteiger partial charge is 0.493 e. The highest BCUT2D eigenvalue weighted by molar-refractivity contribution is 7.22. The molecule has 0 unspecified atom stereocenters. The maximum Gasteiger partial charge on any atom is 0.264 e. The molecule has 33 heavy (non-hydrogen) atoms. The first kappa shape index (κ1) is 21.2. The monoisotopic (exact) mass is 452 g/mol. The number of aromatic nitrogens is 1. The van der Waals surface area contributed by atoms with Gasteiger partial charge in [-0.25, -0.2) is 4.98 Å². The van der Waals surface area contributed by atoms with Crippen LogP contribution in [-0.4, -0.2) is 17.5 Å². The molecule has 0 radical (unpaired) electrons. The van der Waals surface area contributed by atoms with Gasteiger partial charge < -0.3 is 4.74 Å². The van der Waals surface area contributed by atoms with Crippen LogP contribution in [0.1, 0.15) is 28.4 Å². The van der Waals surface area contributed by atoms with Crippen molar-refractivity contribution in [3.8, 4) is 5.75 Å². The zero-order chi connectivity index (χ0) is 22.8. The van der Waals surface area contributed by atoms with E-state index in [0.29, 0.717) is 29.6 Å².